The third kappa shape index (κ3) is 3.68. The summed E-state index contributed by atoms with van der Waals surface area (Å²) >= 11 is 3.34. The standard InChI is InChI=1S/C13H18BrNO2/c14-12-6-11(8-16)13(15-7-12)17-9-10-4-2-1-3-5-10/h6-7,10,16H,1-5,8-9H2. The van der Waals surface area contributed by atoms with Crippen molar-refractivity contribution in [3.05, 3.63) is 22.3 Å². The molecule has 1 fully saturated rings. The van der Waals surface area contributed by atoms with E-state index in [2.05, 4.69) is 20.9 Å². The molecule has 0 amide bonds. The van der Waals surface area contributed by atoms with Crippen molar-refractivity contribution >= 4 is 15.9 Å². The molecule has 1 aliphatic carbocycles. The zero-order chi connectivity index (χ0) is 12.1. The molecule has 17 heavy (non-hydrogen) atoms. The van der Waals surface area contributed by atoms with Crippen LogP contribution in [-0.4, -0.2) is 16.7 Å². The van der Waals surface area contributed by atoms with Gasteiger partial charge >= 0.3 is 0 Å². The molecule has 0 atom stereocenters. The first kappa shape index (κ1) is 12.8. The van der Waals surface area contributed by atoms with E-state index in [0.29, 0.717) is 11.8 Å². The van der Waals surface area contributed by atoms with Gasteiger partial charge in [0.2, 0.25) is 5.88 Å². The van der Waals surface area contributed by atoms with Crippen LogP contribution in [0.2, 0.25) is 0 Å². The first-order chi connectivity index (χ1) is 8.29. The highest BCUT2D eigenvalue weighted by Gasteiger charge is 2.15. The maximum absolute atomic E-state index is 9.24. The molecule has 0 unspecified atom stereocenters. The predicted molar refractivity (Wildman–Crippen MR) is 69.9 cm³/mol. The number of aromatic nitrogens is 1. The number of halogens is 1. The highest BCUT2D eigenvalue weighted by molar-refractivity contribution is 9.10. The van der Waals surface area contributed by atoms with Crippen LogP contribution in [0.5, 0.6) is 5.88 Å². The molecule has 1 aliphatic rings. The second-order valence-corrected chi connectivity index (χ2v) is 5.51. The molecule has 1 saturated carbocycles. The minimum absolute atomic E-state index is 0.0353. The van der Waals surface area contributed by atoms with E-state index < -0.39 is 0 Å². The number of pyridine rings is 1. The van der Waals surface area contributed by atoms with Gasteiger partial charge < -0.3 is 9.84 Å². The lowest BCUT2D eigenvalue weighted by molar-refractivity contribution is 0.195. The summed E-state index contributed by atoms with van der Waals surface area (Å²) < 4.78 is 6.60. The third-order valence-corrected chi connectivity index (χ3v) is 3.68. The molecular weight excluding hydrogens is 282 g/mol. The summed E-state index contributed by atoms with van der Waals surface area (Å²) in [6.07, 6.45) is 8.20. The Hall–Kier alpha value is -0.610. The quantitative estimate of drug-likeness (QED) is 0.927. The Morgan fingerprint density at radius 2 is 2.12 bits per heavy atom. The van der Waals surface area contributed by atoms with Crippen molar-refractivity contribution in [1.29, 1.82) is 0 Å². The number of hydrogen-bond acceptors (Lipinski definition) is 3. The van der Waals surface area contributed by atoms with E-state index in [1.54, 1.807) is 6.20 Å². The van der Waals surface area contributed by atoms with Crippen LogP contribution < -0.4 is 4.74 Å². The van der Waals surface area contributed by atoms with Gasteiger partial charge in [-0.05, 0) is 40.8 Å². The van der Waals surface area contributed by atoms with Crippen LogP contribution >= 0.6 is 15.9 Å². The number of rotatable bonds is 4. The van der Waals surface area contributed by atoms with Gasteiger partial charge in [-0.1, -0.05) is 19.3 Å². The molecule has 1 heterocycles. The molecule has 1 N–H and O–H groups in total. The van der Waals surface area contributed by atoms with Crippen molar-refractivity contribution in [2.24, 2.45) is 5.92 Å². The number of nitrogens with zero attached hydrogens (tertiary/aromatic N) is 1. The topological polar surface area (TPSA) is 42.4 Å². The van der Waals surface area contributed by atoms with E-state index in [9.17, 15) is 5.11 Å². The van der Waals surface area contributed by atoms with Gasteiger partial charge in [-0.3, -0.25) is 0 Å². The normalized spacial score (nSPS) is 17.1. The molecule has 94 valence electrons. The molecule has 0 saturated heterocycles. The van der Waals surface area contributed by atoms with Crippen LogP contribution in [0.15, 0.2) is 16.7 Å². The van der Waals surface area contributed by atoms with E-state index in [1.807, 2.05) is 6.07 Å². The summed E-state index contributed by atoms with van der Waals surface area (Å²) in [5.74, 6) is 1.22. The summed E-state index contributed by atoms with van der Waals surface area (Å²) in [6, 6.07) is 1.85. The van der Waals surface area contributed by atoms with Crippen molar-refractivity contribution in [2.75, 3.05) is 6.61 Å². The highest BCUT2D eigenvalue weighted by Crippen LogP contribution is 2.26. The molecule has 0 aliphatic heterocycles. The van der Waals surface area contributed by atoms with E-state index >= 15 is 0 Å². The monoisotopic (exact) mass is 299 g/mol. The third-order valence-electron chi connectivity index (χ3n) is 3.24. The van der Waals surface area contributed by atoms with Gasteiger partial charge in [-0.25, -0.2) is 4.98 Å². The van der Waals surface area contributed by atoms with Gasteiger partial charge in [0.05, 0.1) is 13.2 Å². The van der Waals surface area contributed by atoms with Crippen LogP contribution in [0.25, 0.3) is 0 Å². The van der Waals surface area contributed by atoms with E-state index in [4.69, 9.17) is 4.74 Å². The van der Waals surface area contributed by atoms with Crippen LogP contribution in [0, 0.1) is 5.92 Å². The molecular formula is C13H18BrNO2. The molecule has 3 nitrogen and oxygen atoms in total. The second kappa shape index (κ2) is 6.36. The summed E-state index contributed by atoms with van der Waals surface area (Å²) in [5.41, 5.74) is 0.746. The first-order valence-corrected chi connectivity index (χ1v) is 6.97. The Labute approximate surface area is 110 Å². The van der Waals surface area contributed by atoms with Crippen molar-refractivity contribution in [3.8, 4) is 5.88 Å². The summed E-state index contributed by atoms with van der Waals surface area (Å²) in [6.45, 7) is 0.689. The van der Waals surface area contributed by atoms with Crippen LogP contribution in [0.3, 0.4) is 0 Å². The van der Waals surface area contributed by atoms with Crippen molar-refractivity contribution in [3.63, 3.8) is 0 Å². The Morgan fingerprint density at radius 1 is 1.35 bits per heavy atom. The van der Waals surface area contributed by atoms with Gasteiger partial charge in [-0.2, -0.15) is 0 Å². The van der Waals surface area contributed by atoms with Crippen molar-refractivity contribution < 1.29 is 9.84 Å². The van der Waals surface area contributed by atoms with Crippen LogP contribution in [-0.2, 0) is 6.61 Å². The van der Waals surface area contributed by atoms with Crippen molar-refractivity contribution in [1.82, 2.24) is 4.98 Å². The number of aliphatic hydroxyl groups excluding tert-OH is 1. The average molecular weight is 300 g/mol. The Balaban J connectivity index is 1.93. The van der Waals surface area contributed by atoms with Crippen molar-refractivity contribution in [2.45, 2.75) is 38.7 Å². The Morgan fingerprint density at radius 3 is 2.82 bits per heavy atom. The minimum Gasteiger partial charge on any atom is -0.477 e. The van der Waals surface area contributed by atoms with Crippen LogP contribution in [0.4, 0.5) is 0 Å². The fourth-order valence-electron chi connectivity index (χ4n) is 2.26. The van der Waals surface area contributed by atoms with Gasteiger partial charge in [0.1, 0.15) is 0 Å². The van der Waals surface area contributed by atoms with E-state index in [0.717, 1.165) is 16.6 Å². The maximum atomic E-state index is 9.24. The smallest absolute Gasteiger partial charge is 0.218 e. The molecule has 0 radical (unpaired) electrons. The number of aliphatic hydroxyl groups is 1. The van der Waals surface area contributed by atoms with Gasteiger partial charge in [0, 0.05) is 16.2 Å². The summed E-state index contributed by atoms with van der Waals surface area (Å²) in [7, 11) is 0. The predicted octanol–water partition coefficient (Wildman–Crippen LogP) is 3.30. The number of hydrogen-bond donors (Lipinski definition) is 1. The molecule has 2 rings (SSSR count). The molecule has 0 bridgehead atoms. The minimum atomic E-state index is -0.0353. The van der Waals surface area contributed by atoms with Crippen LogP contribution in [0.1, 0.15) is 37.7 Å². The zero-order valence-corrected chi connectivity index (χ0v) is 11.4. The lowest BCUT2D eigenvalue weighted by atomic mass is 9.90. The van der Waals surface area contributed by atoms with E-state index in [-0.39, 0.29) is 6.61 Å². The largest absolute Gasteiger partial charge is 0.477 e. The van der Waals surface area contributed by atoms with Gasteiger partial charge in [0.25, 0.3) is 0 Å². The first-order valence-electron chi connectivity index (χ1n) is 6.17. The lowest BCUT2D eigenvalue weighted by Gasteiger charge is -2.21. The molecule has 0 spiro atoms. The molecule has 1 aromatic heterocycles. The molecule has 4 heteroatoms. The summed E-state index contributed by atoms with van der Waals surface area (Å²) in [4.78, 5) is 4.20. The molecule has 1 aromatic rings. The molecule has 0 aromatic carbocycles. The number of ether oxygens (including phenoxy) is 1. The van der Waals surface area contributed by atoms with E-state index in [1.165, 1.54) is 32.1 Å². The Bertz CT molecular complexity index is 364. The summed E-state index contributed by atoms with van der Waals surface area (Å²) in [5, 5.41) is 9.24. The lowest BCUT2D eigenvalue weighted by Crippen LogP contribution is -2.16. The SMILES string of the molecule is OCc1cc(Br)cnc1OCC1CCCCC1. The second-order valence-electron chi connectivity index (χ2n) is 4.59. The fraction of sp³-hybridized carbons (Fsp3) is 0.615. The van der Waals surface area contributed by atoms with Gasteiger partial charge in [-0.15, -0.1) is 0 Å². The highest BCUT2D eigenvalue weighted by atomic mass is 79.9. The average Bonchev–Trinajstić information content (AvgIpc) is 2.38. The zero-order valence-electron chi connectivity index (χ0n) is 9.86. The fourth-order valence-corrected chi connectivity index (χ4v) is 2.64. The maximum Gasteiger partial charge on any atom is 0.218 e. The van der Waals surface area contributed by atoms with Gasteiger partial charge in [0.15, 0.2) is 0 Å². The Kier molecular flexibility index (Phi) is 4.80.